The first-order valence-electron chi connectivity index (χ1n) is 9.68. The van der Waals surface area contributed by atoms with Crippen LogP contribution < -0.4 is 9.47 Å². The van der Waals surface area contributed by atoms with E-state index in [0.717, 1.165) is 11.1 Å². The van der Waals surface area contributed by atoms with Crippen molar-refractivity contribution in [2.24, 2.45) is 4.99 Å². The van der Waals surface area contributed by atoms with E-state index in [-0.39, 0.29) is 17.2 Å². The van der Waals surface area contributed by atoms with E-state index in [1.54, 1.807) is 43.5 Å². The number of benzene rings is 3. The second kappa shape index (κ2) is 8.83. The van der Waals surface area contributed by atoms with Crippen LogP contribution in [0.15, 0.2) is 77.4 Å². The fourth-order valence-electron chi connectivity index (χ4n) is 3.23. The summed E-state index contributed by atoms with van der Waals surface area (Å²) >= 11 is 0. The normalized spacial score (nSPS) is 14.4. The molecule has 0 amide bonds. The molecule has 0 saturated carbocycles. The van der Waals surface area contributed by atoms with Gasteiger partial charge in [0.05, 0.1) is 12.7 Å². The largest absolute Gasteiger partial charge is 0.493 e. The van der Waals surface area contributed by atoms with Gasteiger partial charge < -0.3 is 14.2 Å². The average Bonchev–Trinajstić information content (AvgIpc) is 3.13. The van der Waals surface area contributed by atoms with Crippen LogP contribution >= 0.6 is 0 Å². The minimum atomic E-state index is -0.661. The van der Waals surface area contributed by atoms with E-state index < -0.39 is 11.8 Å². The summed E-state index contributed by atoms with van der Waals surface area (Å²) in [7, 11) is 1.55. The molecule has 3 aromatic rings. The molecule has 0 radical (unpaired) electrons. The molecular weight excluding hydrogens is 397 g/mol. The topological polar surface area (TPSA) is 57.1 Å². The Morgan fingerprint density at radius 2 is 1.87 bits per heavy atom. The molecule has 31 heavy (non-hydrogen) atoms. The number of hydrogen-bond acceptors (Lipinski definition) is 5. The van der Waals surface area contributed by atoms with Crippen LogP contribution in [0.1, 0.15) is 22.3 Å². The third kappa shape index (κ3) is 4.48. The standard InChI is InChI=1S/C25H20FNO4/c1-16-7-5-8-17(13-16)15-30-23-18(9-6-12-22(23)29-2)14-21-25(28)31-24(27-21)19-10-3-4-11-20(19)26/h3-14H,15H2,1-2H3/b21-14-. The lowest BCUT2D eigenvalue weighted by Crippen LogP contribution is -2.07. The molecule has 1 aliphatic heterocycles. The van der Waals surface area contributed by atoms with Crippen LogP contribution in [0.2, 0.25) is 0 Å². The molecule has 0 bridgehead atoms. The quantitative estimate of drug-likeness (QED) is 0.415. The van der Waals surface area contributed by atoms with Crippen LogP contribution in [-0.2, 0) is 16.1 Å². The first-order chi connectivity index (χ1) is 15.0. The smallest absolute Gasteiger partial charge is 0.363 e. The molecule has 0 atom stereocenters. The van der Waals surface area contributed by atoms with Gasteiger partial charge in [0.15, 0.2) is 17.2 Å². The SMILES string of the molecule is COc1cccc(/C=C2\N=C(c3ccccc3F)OC2=O)c1OCc1cccc(C)c1. The van der Waals surface area contributed by atoms with Crippen molar-refractivity contribution < 1.29 is 23.4 Å². The monoisotopic (exact) mass is 417 g/mol. The van der Waals surface area contributed by atoms with Crippen molar-refractivity contribution in [3.8, 4) is 11.5 Å². The van der Waals surface area contributed by atoms with Crippen molar-refractivity contribution in [3.05, 3.63) is 100 Å². The van der Waals surface area contributed by atoms with Crippen molar-refractivity contribution in [1.82, 2.24) is 0 Å². The summed E-state index contributed by atoms with van der Waals surface area (Å²) in [6.45, 7) is 2.34. The minimum Gasteiger partial charge on any atom is -0.493 e. The number of methoxy groups -OCH3 is 1. The fraction of sp³-hybridized carbons (Fsp3) is 0.120. The summed E-state index contributed by atoms with van der Waals surface area (Å²) in [5.74, 6) is -0.253. The molecule has 0 saturated heterocycles. The molecule has 0 aromatic heterocycles. The molecule has 6 heteroatoms. The van der Waals surface area contributed by atoms with Crippen LogP contribution in [0.5, 0.6) is 11.5 Å². The van der Waals surface area contributed by atoms with Crippen molar-refractivity contribution in [2.45, 2.75) is 13.5 Å². The molecule has 1 aliphatic rings. The zero-order valence-corrected chi connectivity index (χ0v) is 17.1. The molecule has 0 N–H and O–H groups in total. The summed E-state index contributed by atoms with van der Waals surface area (Å²) < 4.78 is 30.7. The van der Waals surface area contributed by atoms with Crippen LogP contribution in [0.25, 0.3) is 6.08 Å². The second-order valence-corrected chi connectivity index (χ2v) is 6.97. The van der Waals surface area contributed by atoms with Gasteiger partial charge in [-0.3, -0.25) is 0 Å². The predicted octanol–water partition coefficient (Wildman–Crippen LogP) is 5.07. The Hall–Kier alpha value is -3.93. The lowest BCUT2D eigenvalue weighted by atomic mass is 10.1. The van der Waals surface area contributed by atoms with Gasteiger partial charge in [-0.25, -0.2) is 14.2 Å². The van der Waals surface area contributed by atoms with E-state index in [9.17, 15) is 9.18 Å². The van der Waals surface area contributed by atoms with Crippen LogP contribution in [0.3, 0.4) is 0 Å². The average molecular weight is 417 g/mol. The van der Waals surface area contributed by atoms with Crippen LogP contribution in [-0.4, -0.2) is 19.0 Å². The predicted molar refractivity (Wildman–Crippen MR) is 116 cm³/mol. The summed E-state index contributed by atoms with van der Waals surface area (Å²) in [4.78, 5) is 16.5. The molecule has 4 rings (SSSR count). The first-order valence-corrected chi connectivity index (χ1v) is 9.68. The van der Waals surface area contributed by atoms with Crippen molar-refractivity contribution in [3.63, 3.8) is 0 Å². The lowest BCUT2D eigenvalue weighted by Gasteiger charge is -2.14. The summed E-state index contributed by atoms with van der Waals surface area (Å²) in [6, 6.07) is 19.3. The Labute approximate surface area is 179 Å². The number of aryl methyl sites for hydroxylation is 1. The van der Waals surface area contributed by atoms with E-state index in [4.69, 9.17) is 14.2 Å². The summed E-state index contributed by atoms with van der Waals surface area (Å²) in [5, 5.41) is 0. The van der Waals surface area contributed by atoms with Gasteiger partial charge >= 0.3 is 5.97 Å². The number of nitrogens with zero attached hydrogens (tertiary/aromatic N) is 1. The zero-order chi connectivity index (χ0) is 21.8. The Morgan fingerprint density at radius 1 is 1.06 bits per heavy atom. The third-order valence-electron chi connectivity index (χ3n) is 4.71. The summed E-state index contributed by atoms with van der Waals surface area (Å²) in [5.41, 5.74) is 2.90. The number of cyclic esters (lactones) is 1. The number of ether oxygens (including phenoxy) is 3. The molecule has 0 unspecified atom stereocenters. The number of rotatable bonds is 6. The number of carbonyl (C=O) groups excluding carboxylic acids is 1. The second-order valence-electron chi connectivity index (χ2n) is 6.97. The highest BCUT2D eigenvalue weighted by atomic mass is 19.1. The molecule has 0 spiro atoms. The Kier molecular flexibility index (Phi) is 5.80. The zero-order valence-electron chi connectivity index (χ0n) is 17.1. The summed E-state index contributed by atoms with van der Waals surface area (Å²) in [6.07, 6.45) is 1.55. The minimum absolute atomic E-state index is 0.0481. The number of aliphatic imine (C=N–C) groups is 1. The van der Waals surface area contributed by atoms with E-state index >= 15 is 0 Å². The highest BCUT2D eigenvalue weighted by Crippen LogP contribution is 2.34. The van der Waals surface area contributed by atoms with Crippen LogP contribution in [0.4, 0.5) is 4.39 Å². The first kappa shape index (κ1) is 20.3. The maximum Gasteiger partial charge on any atom is 0.363 e. The van der Waals surface area contributed by atoms with E-state index in [0.29, 0.717) is 23.7 Å². The van der Waals surface area contributed by atoms with Gasteiger partial charge in [-0.05, 0) is 36.8 Å². The van der Waals surface area contributed by atoms with Crippen molar-refractivity contribution in [2.75, 3.05) is 7.11 Å². The van der Waals surface area contributed by atoms with Gasteiger partial charge in [-0.1, -0.05) is 54.1 Å². The molecule has 3 aromatic carbocycles. The molecule has 156 valence electrons. The Morgan fingerprint density at radius 3 is 2.65 bits per heavy atom. The van der Waals surface area contributed by atoms with Gasteiger partial charge in [0.1, 0.15) is 12.4 Å². The maximum atomic E-state index is 14.0. The number of esters is 1. The van der Waals surface area contributed by atoms with Crippen molar-refractivity contribution >= 4 is 17.9 Å². The highest BCUT2D eigenvalue weighted by molar-refractivity contribution is 6.13. The number of hydrogen-bond donors (Lipinski definition) is 0. The molecule has 5 nitrogen and oxygen atoms in total. The van der Waals surface area contributed by atoms with Gasteiger partial charge in [0, 0.05) is 5.56 Å². The van der Waals surface area contributed by atoms with Gasteiger partial charge in [-0.15, -0.1) is 0 Å². The highest BCUT2D eigenvalue weighted by Gasteiger charge is 2.26. The van der Waals surface area contributed by atoms with Gasteiger partial charge in [0.2, 0.25) is 5.90 Å². The molecular formula is C25H20FNO4. The van der Waals surface area contributed by atoms with Crippen LogP contribution in [0, 0.1) is 12.7 Å². The fourth-order valence-corrected chi connectivity index (χ4v) is 3.23. The number of para-hydroxylation sites is 1. The Bertz CT molecular complexity index is 1200. The maximum absolute atomic E-state index is 14.0. The third-order valence-corrected chi connectivity index (χ3v) is 4.71. The lowest BCUT2D eigenvalue weighted by molar-refractivity contribution is -0.129. The molecule has 0 aliphatic carbocycles. The van der Waals surface area contributed by atoms with E-state index in [1.165, 1.54) is 12.1 Å². The number of halogens is 1. The van der Waals surface area contributed by atoms with Gasteiger partial charge in [0.25, 0.3) is 0 Å². The molecule has 1 heterocycles. The Balaban J connectivity index is 1.67. The van der Waals surface area contributed by atoms with Crippen molar-refractivity contribution in [1.29, 1.82) is 0 Å². The number of carbonyl (C=O) groups is 1. The van der Waals surface area contributed by atoms with E-state index in [2.05, 4.69) is 4.99 Å². The van der Waals surface area contributed by atoms with E-state index in [1.807, 2.05) is 31.2 Å². The van der Waals surface area contributed by atoms with Gasteiger partial charge in [-0.2, -0.15) is 0 Å². The molecule has 0 fully saturated rings.